The van der Waals surface area contributed by atoms with Gasteiger partial charge in [0.05, 0.1) is 6.54 Å². The van der Waals surface area contributed by atoms with Crippen molar-refractivity contribution in [1.82, 2.24) is 15.5 Å². The number of hydrogen-bond acceptors (Lipinski definition) is 4. The topological polar surface area (TPSA) is 73.0 Å². The van der Waals surface area contributed by atoms with E-state index in [-0.39, 0.29) is 6.54 Å². The van der Waals surface area contributed by atoms with Gasteiger partial charge in [0.2, 0.25) is 0 Å². The number of hydrogen-bond donors (Lipinski definition) is 3. The minimum atomic E-state index is -1.11. The van der Waals surface area contributed by atoms with Crippen molar-refractivity contribution in [2.24, 2.45) is 10.9 Å². The first-order valence-corrected chi connectivity index (χ1v) is 10.0. The summed E-state index contributed by atoms with van der Waals surface area (Å²) in [6, 6.07) is 4.49. The molecular formula is C20H34N4O2. The smallest absolute Gasteiger partial charge is 0.191 e. The second kappa shape index (κ2) is 8.44. The molecule has 2 saturated carbocycles. The minimum absolute atomic E-state index is 0.254. The van der Waals surface area contributed by atoms with Gasteiger partial charge in [-0.05, 0) is 64.5 Å². The van der Waals surface area contributed by atoms with E-state index in [0.717, 1.165) is 43.3 Å². The number of aliphatic hydroxyl groups is 1. The summed E-state index contributed by atoms with van der Waals surface area (Å²) in [6.45, 7) is 9.90. The van der Waals surface area contributed by atoms with E-state index in [2.05, 4.69) is 27.4 Å². The van der Waals surface area contributed by atoms with Gasteiger partial charge in [-0.1, -0.05) is 0 Å². The Bertz CT molecular complexity index is 603. The van der Waals surface area contributed by atoms with Crippen LogP contribution in [-0.2, 0) is 5.60 Å². The summed E-state index contributed by atoms with van der Waals surface area (Å²) in [6.07, 6.45) is 5.52. The molecule has 0 spiro atoms. The molecule has 0 saturated heterocycles. The molecule has 0 amide bonds. The quantitative estimate of drug-likeness (QED) is 0.440. The number of nitrogens with zero attached hydrogens (tertiary/aromatic N) is 2. The first-order valence-electron chi connectivity index (χ1n) is 10.0. The molecule has 1 heterocycles. The van der Waals surface area contributed by atoms with Crippen molar-refractivity contribution in [1.29, 1.82) is 0 Å². The maximum Gasteiger partial charge on any atom is 0.191 e. The third-order valence-corrected chi connectivity index (χ3v) is 5.10. The van der Waals surface area contributed by atoms with Gasteiger partial charge in [0.25, 0.3) is 0 Å². The van der Waals surface area contributed by atoms with Gasteiger partial charge in [-0.15, -0.1) is 0 Å². The van der Waals surface area contributed by atoms with Gasteiger partial charge in [0.15, 0.2) is 5.96 Å². The van der Waals surface area contributed by atoms with Gasteiger partial charge in [0.1, 0.15) is 17.1 Å². The maximum atomic E-state index is 10.7. The molecule has 1 aromatic rings. The van der Waals surface area contributed by atoms with Crippen LogP contribution in [0.1, 0.15) is 51.1 Å². The average molecular weight is 363 g/mol. The van der Waals surface area contributed by atoms with Crippen molar-refractivity contribution < 1.29 is 9.52 Å². The van der Waals surface area contributed by atoms with Crippen LogP contribution >= 0.6 is 0 Å². The predicted octanol–water partition coefficient (Wildman–Crippen LogP) is 2.23. The highest BCUT2D eigenvalue weighted by Crippen LogP contribution is 2.34. The van der Waals surface area contributed by atoms with Crippen LogP contribution in [0.15, 0.2) is 21.5 Å². The molecule has 2 fully saturated rings. The molecule has 146 valence electrons. The lowest BCUT2D eigenvalue weighted by atomic mass is 10.0. The molecule has 0 bridgehead atoms. The maximum absolute atomic E-state index is 10.7. The molecule has 1 atom stereocenters. The molecule has 2 aliphatic rings. The monoisotopic (exact) mass is 362 g/mol. The molecule has 2 aliphatic carbocycles. The van der Waals surface area contributed by atoms with Gasteiger partial charge in [-0.3, -0.25) is 4.90 Å². The van der Waals surface area contributed by atoms with Crippen LogP contribution in [0, 0.1) is 12.8 Å². The highest BCUT2D eigenvalue weighted by atomic mass is 16.4. The van der Waals surface area contributed by atoms with E-state index in [4.69, 9.17) is 4.42 Å². The molecule has 26 heavy (non-hydrogen) atoms. The molecule has 1 unspecified atom stereocenters. The van der Waals surface area contributed by atoms with E-state index < -0.39 is 5.60 Å². The summed E-state index contributed by atoms with van der Waals surface area (Å²) in [4.78, 5) is 7.20. The fraction of sp³-hybridized carbons (Fsp3) is 0.750. The van der Waals surface area contributed by atoms with E-state index in [9.17, 15) is 5.11 Å². The number of furan rings is 1. The molecule has 0 aromatic carbocycles. The lowest BCUT2D eigenvalue weighted by molar-refractivity contribution is 0.0428. The van der Waals surface area contributed by atoms with Crippen molar-refractivity contribution in [3.05, 3.63) is 23.7 Å². The van der Waals surface area contributed by atoms with E-state index in [1.165, 1.54) is 32.2 Å². The number of nitrogens with one attached hydrogen (secondary N) is 2. The predicted molar refractivity (Wildman–Crippen MR) is 104 cm³/mol. The third kappa shape index (κ3) is 5.74. The highest BCUT2D eigenvalue weighted by molar-refractivity contribution is 5.79. The SMILES string of the molecule is CCNC(=NCC(C)(O)c1ccc(C)o1)NCCN(CC1CC1)C1CC1. The number of aliphatic imine (C=N–C) groups is 1. The first kappa shape index (κ1) is 19.2. The fourth-order valence-electron chi connectivity index (χ4n) is 3.19. The summed E-state index contributed by atoms with van der Waals surface area (Å²) in [5.74, 6) is 3.03. The Morgan fingerprint density at radius 2 is 2.08 bits per heavy atom. The Morgan fingerprint density at radius 1 is 1.31 bits per heavy atom. The van der Waals surface area contributed by atoms with E-state index in [0.29, 0.717) is 5.76 Å². The van der Waals surface area contributed by atoms with Crippen LogP contribution in [0.25, 0.3) is 0 Å². The van der Waals surface area contributed by atoms with Crippen molar-refractivity contribution in [2.45, 2.75) is 58.1 Å². The summed E-state index contributed by atoms with van der Waals surface area (Å²) in [5.41, 5.74) is -1.11. The van der Waals surface area contributed by atoms with Crippen molar-refractivity contribution in [3.8, 4) is 0 Å². The molecule has 0 radical (unpaired) electrons. The van der Waals surface area contributed by atoms with Gasteiger partial charge >= 0.3 is 0 Å². The first-order chi connectivity index (χ1) is 12.5. The largest absolute Gasteiger partial charge is 0.463 e. The summed E-state index contributed by atoms with van der Waals surface area (Å²) >= 11 is 0. The standard InChI is InChI=1S/C20H34N4O2/c1-4-21-19(23-14-20(3,25)18-10-5-15(2)26-18)22-11-12-24(17-8-9-17)13-16-6-7-16/h5,10,16-17,25H,4,6-9,11-14H2,1-3H3,(H2,21,22,23). The third-order valence-electron chi connectivity index (χ3n) is 5.10. The number of rotatable bonds is 10. The van der Waals surface area contributed by atoms with Crippen LogP contribution in [0.5, 0.6) is 0 Å². The van der Waals surface area contributed by atoms with Crippen LogP contribution in [0.4, 0.5) is 0 Å². The van der Waals surface area contributed by atoms with Crippen LogP contribution in [0.2, 0.25) is 0 Å². The molecule has 6 heteroatoms. The zero-order valence-corrected chi connectivity index (χ0v) is 16.4. The minimum Gasteiger partial charge on any atom is -0.463 e. The van der Waals surface area contributed by atoms with Crippen LogP contribution in [0.3, 0.4) is 0 Å². The Balaban J connectivity index is 1.49. The summed E-state index contributed by atoms with van der Waals surface area (Å²) in [7, 11) is 0. The molecule has 1 aromatic heterocycles. The molecule has 0 aliphatic heterocycles. The lowest BCUT2D eigenvalue weighted by Gasteiger charge is -2.23. The summed E-state index contributed by atoms with van der Waals surface area (Å²) in [5, 5.41) is 17.3. The van der Waals surface area contributed by atoms with Crippen LogP contribution < -0.4 is 10.6 Å². The van der Waals surface area contributed by atoms with Crippen molar-refractivity contribution >= 4 is 5.96 Å². The second-order valence-corrected chi connectivity index (χ2v) is 7.98. The Labute approximate surface area is 157 Å². The molecule has 6 nitrogen and oxygen atoms in total. The highest BCUT2D eigenvalue weighted by Gasteiger charge is 2.33. The van der Waals surface area contributed by atoms with Gasteiger partial charge in [-0.2, -0.15) is 0 Å². The average Bonchev–Trinajstić information content (AvgIpc) is 3.51. The fourth-order valence-corrected chi connectivity index (χ4v) is 3.19. The van der Waals surface area contributed by atoms with Crippen molar-refractivity contribution in [2.75, 3.05) is 32.7 Å². The Morgan fingerprint density at radius 3 is 2.65 bits per heavy atom. The molecular weight excluding hydrogens is 328 g/mol. The van der Waals surface area contributed by atoms with E-state index in [1.54, 1.807) is 6.92 Å². The zero-order chi connectivity index (χ0) is 18.6. The van der Waals surface area contributed by atoms with Gasteiger partial charge in [-0.25, -0.2) is 4.99 Å². The van der Waals surface area contributed by atoms with Crippen LogP contribution in [-0.4, -0.2) is 54.7 Å². The second-order valence-electron chi connectivity index (χ2n) is 7.98. The molecule has 3 rings (SSSR count). The Kier molecular flexibility index (Phi) is 6.24. The molecule has 3 N–H and O–H groups in total. The van der Waals surface area contributed by atoms with E-state index >= 15 is 0 Å². The number of aryl methyl sites for hydroxylation is 1. The van der Waals surface area contributed by atoms with Gasteiger partial charge in [0, 0.05) is 32.2 Å². The normalized spacial score (nSPS) is 20.3. The Hall–Kier alpha value is -1.53. The lowest BCUT2D eigenvalue weighted by Crippen LogP contribution is -2.43. The van der Waals surface area contributed by atoms with Crippen molar-refractivity contribution in [3.63, 3.8) is 0 Å². The summed E-state index contributed by atoms with van der Waals surface area (Å²) < 4.78 is 5.56. The van der Waals surface area contributed by atoms with Gasteiger partial charge < -0.3 is 20.2 Å². The zero-order valence-electron chi connectivity index (χ0n) is 16.4. The van der Waals surface area contributed by atoms with E-state index in [1.807, 2.05) is 19.1 Å². The number of guanidine groups is 1.